The van der Waals surface area contributed by atoms with Crippen LogP contribution in [0.3, 0.4) is 0 Å². The van der Waals surface area contributed by atoms with E-state index < -0.39 is 0 Å². The summed E-state index contributed by atoms with van der Waals surface area (Å²) < 4.78 is 0. The van der Waals surface area contributed by atoms with Crippen LogP contribution in [0.1, 0.15) is 12.0 Å². The van der Waals surface area contributed by atoms with Crippen LogP contribution in [0.2, 0.25) is 0 Å². The van der Waals surface area contributed by atoms with E-state index in [1.165, 1.54) is 12.1 Å². The molecule has 0 unspecified atom stereocenters. The maximum Gasteiger partial charge on any atom is 0.261 e. The van der Waals surface area contributed by atoms with E-state index in [9.17, 15) is 19.8 Å². The van der Waals surface area contributed by atoms with Crippen LogP contribution in [0.15, 0.2) is 54.1 Å². The molecule has 2 amide bonds. The van der Waals surface area contributed by atoms with Crippen LogP contribution in [-0.2, 0) is 9.59 Å². The SMILES string of the molecule is O=C1C/C(=C\c2ccc(O)c(O)c2)C(=O)N1c1ccccc1. The van der Waals surface area contributed by atoms with Crippen LogP contribution in [0.4, 0.5) is 5.69 Å². The average Bonchev–Trinajstić information content (AvgIpc) is 2.78. The molecule has 110 valence electrons. The Bertz CT molecular complexity index is 781. The van der Waals surface area contributed by atoms with E-state index in [4.69, 9.17) is 0 Å². The number of carbonyl (C=O) groups excluding carboxylic acids is 2. The maximum absolute atomic E-state index is 12.4. The predicted molar refractivity (Wildman–Crippen MR) is 81.3 cm³/mol. The molecule has 1 heterocycles. The van der Waals surface area contributed by atoms with Crippen molar-refractivity contribution in [1.82, 2.24) is 0 Å². The van der Waals surface area contributed by atoms with Gasteiger partial charge >= 0.3 is 0 Å². The fourth-order valence-electron chi connectivity index (χ4n) is 2.36. The van der Waals surface area contributed by atoms with E-state index in [0.717, 1.165) is 4.90 Å². The molecule has 1 fully saturated rings. The zero-order valence-corrected chi connectivity index (χ0v) is 11.6. The number of hydrogen-bond acceptors (Lipinski definition) is 4. The molecule has 2 aromatic carbocycles. The number of anilines is 1. The van der Waals surface area contributed by atoms with Crippen molar-refractivity contribution < 1.29 is 19.8 Å². The lowest BCUT2D eigenvalue weighted by molar-refractivity contribution is -0.120. The molecule has 0 saturated carbocycles. The maximum atomic E-state index is 12.4. The molecular weight excluding hydrogens is 282 g/mol. The fraction of sp³-hybridized carbons (Fsp3) is 0.0588. The number of nitrogens with zero attached hydrogens (tertiary/aromatic N) is 1. The second kappa shape index (κ2) is 5.37. The molecule has 2 aromatic rings. The molecule has 2 N–H and O–H groups in total. The smallest absolute Gasteiger partial charge is 0.261 e. The van der Waals surface area contributed by atoms with Crippen molar-refractivity contribution in [3.8, 4) is 11.5 Å². The standard InChI is InChI=1S/C17H13NO4/c19-14-7-6-11(9-15(14)20)8-12-10-16(21)18(17(12)22)13-4-2-1-3-5-13/h1-9,19-20H,10H2/b12-8+. The van der Waals surface area contributed by atoms with Gasteiger partial charge in [-0.1, -0.05) is 24.3 Å². The summed E-state index contributed by atoms with van der Waals surface area (Å²) in [5.41, 5.74) is 1.43. The number of rotatable bonds is 2. The Hall–Kier alpha value is -3.08. The van der Waals surface area contributed by atoms with E-state index in [1.807, 2.05) is 6.07 Å². The first-order valence-electron chi connectivity index (χ1n) is 6.71. The molecule has 22 heavy (non-hydrogen) atoms. The number of amides is 2. The Balaban J connectivity index is 1.93. The van der Waals surface area contributed by atoms with E-state index in [0.29, 0.717) is 16.8 Å². The normalized spacial score (nSPS) is 16.5. The highest BCUT2D eigenvalue weighted by Gasteiger charge is 2.34. The molecule has 0 radical (unpaired) electrons. The van der Waals surface area contributed by atoms with Gasteiger partial charge in [0.1, 0.15) is 0 Å². The molecular formula is C17H13NO4. The van der Waals surface area contributed by atoms with Crippen molar-refractivity contribution in [2.24, 2.45) is 0 Å². The molecule has 0 bridgehead atoms. The zero-order chi connectivity index (χ0) is 15.7. The molecule has 5 nitrogen and oxygen atoms in total. The molecule has 1 saturated heterocycles. The van der Waals surface area contributed by atoms with Gasteiger partial charge in [0.15, 0.2) is 11.5 Å². The molecule has 3 rings (SSSR count). The second-order valence-electron chi connectivity index (χ2n) is 4.96. The Labute approximate surface area is 126 Å². The summed E-state index contributed by atoms with van der Waals surface area (Å²) in [5.74, 6) is -1.16. The highest BCUT2D eigenvalue weighted by atomic mass is 16.3. The van der Waals surface area contributed by atoms with E-state index in [2.05, 4.69) is 0 Å². The minimum absolute atomic E-state index is 0.00929. The van der Waals surface area contributed by atoms with Gasteiger partial charge in [0, 0.05) is 5.57 Å². The van der Waals surface area contributed by atoms with Crippen LogP contribution < -0.4 is 4.90 Å². The van der Waals surface area contributed by atoms with Gasteiger partial charge in [0.05, 0.1) is 12.1 Å². The third kappa shape index (κ3) is 2.44. The van der Waals surface area contributed by atoms with Crippen molar-refractivity contribution in [3.63, 3.8) is 0 Å². The van der Waals surface area contributed by atoms with E-state index >= 15 is 0 Å². The van der Waals surface area contributed by atoms with Crippen molar-refractivity contribution in [2.75, 3.05) is 4.90 Å². The lowest BCUT2D eigenvalue weighted by Gasteiger charge is -2.12. The lowest BCUT2D eigenvalue weighted by Crippen LogP contribution is -2.28. The zero-order valence-electron chi connectivity index (χ0n) is 11.6. The number of imide groups is 1. The van der Waals surface area contributed by atoms with Crippen molar-refractivity contribution in [2.45, 2.75) is 6.42 Å². The number of hydrogen-bond donors (Lipinski definition) is 2. The third-order valence-corrected chi connectivity index (χ3v) is 3.42. The number of phenolic OH excluding ortho intramolecular Hbond substituents is 2. The third-order valence-electron chi connectivity index (χ3n) is 3.42. The number of aromatic hydroxyl groups is 2. The number of carbonyl (C=O) groups is 2. The van der Waals surface area contributed by atoms with Gasteiger partial charge in [-0.3, -0.25) is 9.59 Å². The van der Waals surface area contributed by atoms with Crippen LogP contribution in [0, 0.1) is 0 Å². The molecule has 0 atom stereocenters. The predicted octanol–water partition coefficient (Wildman–Crippen LogP) is 2.44. The molecule has 0 aliphatic carbocycles. The van der Waals surface area contributed by atoms with Crippen LogP contribution in [-0.4, -0.2) is 22.0 Å². The number of para-hydroxylation sites is 1. The summed E-state index contributed by atoms with van der Waals surface area (Å²) in [6, 6.07) is 13.0. The fourth-order valence-corrected chi connectivity index (χ4v) is 2.36. The lowest BCUT2D eigenvalue weighted by atomic mass is 10.1. The largest absolute Gasteiger partial charge is 0.504 e. The number of benzene rings is 2. The van der Waals surface area contributed by atoms with E-state index in [-0.39, 0.29) is 29.7 Å². The summed E-state index contributed by atoms with van der Waals surface area (Å²) in [5, 5.41) is 18.8. The Kier molecular flexibility index (Phi) is 3.39. The van der Waals surface area contributed by atoms with Gasteiger partial charge in [0.2, 0.25) is 5.91 Å². The van der Waals surface area contributed by atoms with Crippen molar-refractivity contribution in [1.29, 1.82) is 0 Å². The quantitative estimate of drug-likeness (QED) is 0.507. The molecule has 5 heteroatoms. The monoisotopic (exact) mass is 295 g/mol. The van der Waals surface area contributed by atoms with Gasteiger partial charge in [0.25, 0.3) is 5.91 Å². The minimum Gasteiger partial charge on any atom is -0.504 e. The van der Waals surface area contributed by atoms with Gasteiger partial charge in [-0.25, -0.2) is 4.90 Å². The van der Waals surface area contributed by atoms with Crippen molar-refractivity contribution >= 4 is 23.6 Å². The van der Waals surface area contributed by atoms with Crippen LogP contribution in [0.25, 0.3) is 6.08 Å². The van der Waals surface area contributed by atoms with Gasteiger partial charge in [-0.05, 0) is 35.9 Å². The molecule has 1 aliphatic heterocycles. The summed E-state index contributed by atoms with van der Waals surface area (Å²) in [6.45, 7) is 0. The molecule has 0 aromatic heterocycles. The summed E-state index contributed by atoms with van der Waals surface area (Å²) >= 11 is 0. The first-order chi connectivity index (χ1) is 10.6. The average molecular weight is 295 g/mol. The van der Waals surface area contributed by atoms with Crippen LogP contribution >= 0.6 is 0 Å². The number of phenols is 2. The second-order valence-corrected chi connectivity index (χ2v) is 4.96. The minimum atomic E-state index is -0.372. The Morgan fingerprint density at radius 1 is 0.955 bits per heavy atom. The highest BCUT2D eigenvalue weighted by Crippen LogP contribution is 2.30. The summed E-state index contributed by atoms with van der Waals surface area (Å²) in [6.07, 6.45) is 1.55. The Morgan fingerprint density at radius 3 is 2.36 bits per heavy atom. The van der Waals surface area contributed by atoms with Gasteiger partial charge in [-0.2, -0.15) is 0 Å². The molecule has 1 aliphatic rings. The summed E-state index contributed by atoms with van der Waals surface area (Å²) in [7, 11) is 0. The highest BCUT2D eigenvalue weighted by molar-refractivity contribution is 6.29. The first kappa shape index (κ1) is 13.9. The summed E-state index contributed by atoms with van der Waals surface area (Å²) in [4.78, 5) is 25.6. The van der Waals surface area contributed by atoms with Crippen LogP contribution in [0.5, 0.6) is 11.5 Å². The van der Waals surface area contributed by atoms with E-state index in [1.54, 1.807) is 36.4 Å². The molecule has 0 spiro atoms. The van der Waals surface area contributed by atoms with Gasteiger partial charge < -0.3 is 10.2 Å². The Morgan fingerprint density at radius 2 is 1.68 bits per heavy atom. The van der Waals surface area contributed by atoms with Gasteiger partial charge in [-0.15, -0.1) is 0 Å². The van der Waals surface area contributed by atoms with Crippen molar-refractivity contribution in [3.05, 3.63) is 59.7 Å². The first-order valence-corrected chi connectivity index (χ1v) is 6.71. The topological polar surface area (TPSA) is 77.8 Å².